The van der Waals surface area contributed by atoms with E-state index in [1.165, 1.54) is 5.56 Å². The van der Waals surface area contributed by atoms with E-state index in [9.17, 15) is 5.11 Å². The molecule has 2 heteroatoms. The number of aliphatic hydroxyl groups is 1. The predicted molar refractivity (Wildman–Crippen MR) is 83.6 cm³/mol. The van der Waals surface area contributed by atoms with Crippen molar-refractivity contribution in [3.05, 3.63) is 71.8 Å². The molecule has 0 aromatic heterocycles. The maximum Gasteiger partial charge on any atom is 0.0914 e. The van der Waals surface area contributed by atoms with Crippen LogP contribution in [0.2, 0.25) is 0 Å². The number of aliphatic hydroxyl groups excluding tert-OH is 1. The average Bonchev–Trinajstić information content (AvgIpc) is 2.52. The van der Waals surface area contributed by atoms with Crippen molar-refractivity contribution < 1.29 is 5.11 Å². The molecule has 2 atom stereocenters. The summed E-state index contributed by atoms with van der Waals surface area (Å²) in [4.78, 5) is 0. The third-order valence-corrected chi connectivity index (χ3v) is 3.55. The van der Waals surface area contributed by atoms with Gasteiger partial charge in [-0.1, -0.05) is 60.7 Å². The zero-order valence-corrected chi connectivity index (χ0v) is 12.0. The van der Waals surface area contributed by atoms with Crippen molar-refractivity contribution >= 4 is 0 Å². The Morgan fingerprint density at radius 1 is 0.950 bits per heavy atom. The fourth-order valence-electron chi connectivity index (χ4n) is 2.24. The molecular weight excluding hydrogens is 246 g/mol. The summed E-state index contributed by atoms with van der Waals surface area (Å²) in [6.07, 6.45) is 1.71. The maximum atomic E-state index is 10.1. The molecule has 0 aliphatic rings. The molecule has 0 radical (unpaired) electrons. The molecule has 0 fully saturated rings. The lowest BCUT2D eigenvalue weighted by atomic mass is 10.1. The molecule has 20 heavy (non-hydrogen) atoms. The molecule has 0 aliphatic heterocycles. The van der Waals surface area contributed by atoms with Crippen LogP contribution in [-0.2, 0) is 6.42 Å². The van der Waals surface area contributed by atoms with Crippen LogP contribution in [0.25, 0.3) is 0 Å². The molecule has 2 aromatic carbocycles. The molecule has 0 aliphatic carbocycles. The van der Waals surface area contributed by atoms with Crippen LogP contribution in [0, 0.1) is 0 Å². The number of nitrogens with one attached hydrogen (secondary N) is 1. The highest BCUT2D eigenvalue weighted by Crippen LogP contribution is 2.11. The average molecular weight is 269 g/mol. The number of hydrogen-bond donors (Lipinski definition) is 2. The number of aryl methyl sites for hydroxylation is 1. The first-order valence-corrected chi connectivity index (χ1v) is 7.26. The number of rotatable bonds is 7. The molecule has 0 heterocycles. The van der Waals surface area contributed by atoms with Crippen molar-refractivity contribution in [1.29, 1.82) is 0 Å². The van der Waals surface area contributed by atoms with Gasteiger partial charge in [0.05, 0.1) is 6.10 Å². The summed E-state index contributed by atoms with van der Waals surface area (Å²) in [6.45, 7) is 2.76. The minimum atomic E-state index is -0.435. The van der Waals surface area contributed by atoms with Crippen LogP contribution < -0.4 is 5.32 Å². The second kappa shape index (κ2) is 7.83. The fraction of sp³-hybridized carbons (Fsp3) is 0.333. The molecular formula is C18H23NO. The molecule has 2 N–H and O–H groups in total. The summed E-state index contributed by atoms with van der Waals surface area (Å²) >= 11 is 0. The van der Waals surface area contributed by atoms with Gasteiger partial charge in [0.15, 0.2) is 0 Å². The first kappa shape index (κ1) is 14.8. The van der Waals surface area contributed by atoms with Crippen LogP contribution in [0.4, 0.5) is 0 Å². The monoisotopic (exact) mass is 269 g/mol. The Balaban J connectivity index is 1.71. The molecule has 0 saturated heterocycles. The Hall–Kier alpha value is -1.64. The smallest absolute Gasteiger partial charge is 0.0914 e. The van der Waals surface area contributed by atoms with Crippen molar-refractivity contribution in [2.24, 2.45) is 0 Å². The maximum absolute atomic E-state index is 10.1. The lowest BCUT2D eigenvalue weighted by Gasteiger charge is -2.17. The van der Waals surface area contributed by atoms with Gasteiger partial charge < -0.3 is 10.4 Å². The lowest BCUT2D eigenvalue weighted by Crippen LogP contribution is -2.30. The van der Waals surface area contributed by atoms with Crippen LogP contribution in [-0.4, -0.2) is 17.7 Å². The summed E-state index contributed by atoms with van der Waals surface area (Å²) in [5.74, 6) is 0. The largest absolute Gasteiger partial charge is 0.387 e. The van der Waals surface area contributed by atoms with Gasteiger partial charge in [-0.15, -0.1) is 0 Å². The third-order valence-electron chi connectivity index (χ3n) is 3.55. The highest BCUT2D eigenvalue weighted by molar-refractivity contribution is 5.17. The van der Waals surface area contributed by atoms with E-state index in [1.54, 1.807) is 0 Å². The van der Waals surface area contributed by atoms with Gasteiger partial charge in [-0.3, -0.25) is 0 Å². The Morgan fingerprint density at radius 2 is 1.55 bits per heavy atom. The topological polar surface area (TPSA) is 32.3 Å². The van der Waals surface area contributed by atoms with Gasteiger partial charge in [0.25, 0.3) is 0 Å². The zero-order chi connectivity index (χ0) is 14.2. The molecule has 2 nitrogen and oxygen atoms in total. The molecule has 0 saturated carbocycles. The fourth-order valence-corrected chi connectivity index (χ4v) is 2.24. The number of hydrogen-bond acceptors (Lipinski definition) is 2. The first-order chi connectivity index (χ1) is 9.75. The minimum absolute atomic E-state index is 0.397. The predicted octanol–water partition coefficient (Wildman–Crippen LogP) is 3.33. The van der Waals surface area contributed by atoms with Gasteiger partial charge in [0.1, 0.15) is 0 Å². The van der Waals surface area contributed by atoms with E-state index in [0.717, 1.165) is 18.4 Å². The summed E-state index contributed by atoms with van der Waals surface area (Å²) in [5, 5.41) is 13.5. The van der Waals surface area contributed by atoms with Gasteiger partial charge in [0, 0.05) is 12.6 Å². The van der Waals surface area contributed by atoms with E-state index in [1.807, 2.05) is 36.4 Å². The van der Waals surface area contributed by atoms with Crippen molar-refractivity contribution in [1.82, 2.24) is 5.32 Å². The molecule has 0 spiro atoms. The number of benzene rings is 2. The molecule has 2 rings (SSSR count). The van der Waals surface area contributed by atoms with Crippen molar-refractivity contribution in [3.8, 4) is 0 Å². The second-order valence-corrected chi connectivity index (χ2v) is 5.26. The quantitative estimate of drug-likeness (QED) is 0.808. The van der Waals surface area contributed by atoms with Gasteiger partial charge in [-0.05, 0) is 30.9 Å². The summed E-state index contributed by atoms with van der Waals surface area (Å²) in [5.41, 5.74) is 2.33. The molecule has 0 amide bonds. The Kier molecular flexibility index (Phi) is 5.78. The first-order valence-electron chi connectivity index (χ1n) is 7.26. The van der Waals surface area contributed by atoms with E-state index in [-0.39, 0.29) is 0 Å². The van der Waals surface area contributed by atoms with E-state index >= 15 is 0 Å². The van der Waals surface area contributed by atoms with E-state index in [2.05, 4.69) is 36.5 Å². The summed E-state index contributed by atoms with van der Waals surface area (Å²) < 4.78 is 0. The standard InChI is InChI=1S/C18H23NO/c1-15(12-13-16-8-4-2-5-9-16)19-14-18(20)17-10-6-3-7-11-17/h2-11,15,18-20H,12-14H2,1H3/t15-,18-/m0/s1. The molecule has 0 bridgehead atoms. The van der Waals surface area contributed by atoms with Crippen molar-refractivity contribution in [2.75, 3.05) is 6.54 Å². The van der Waals surface area contributed by atoms with Gasteiger partial charge in [0.2, 0.25) is 0 Å². The van der Waals surface area contributed by atoms with Crippen molar-refractivity contribution in [3.63, 3.8) is 0 Å². The molecule has 0 unspecified atom stereocenters. The van der Waals surface area contributed by atoms with Crippen LogP contribution in [0.15, 0.2) is 60.7 Å². The Morgan fingerprint density at radius 3 is 2.20 bits per heavy atom. The van der Waals surface area contributed by atoms with Gasteiger partial charge in [-0.25, -0.2) is 0 Å². The van der Waals surface area contributed by atoms with Crippen LogP contribution in [0.1, 0.15) is 30.6 Å². The normalized spacial score (nSPS) is 13.9. The summed E-state index contributed by atoms with van der Waals surface area (Å²) in [7, 11) is 0. The Bertz CT molecular complexity index is 483. The van der Waals surface area contributed by atoms with Crippen LogP contribution in [0.5, 0.6) is 0 Å². The Labute approximate surface area is 121 Å². The van der Waals surface area contributed by atoms with Gasteiger partial charge >= 0.3 is 0 Å². The van der Waals surface area contributed by atoms with E-state index < -0.39 is 6.10 Å². The van der Waals surface area contributed by atoms with Gasteiger partial charge in [-0.2, -0.15) is 0 Å². The summed E-state index contributed by atoms with van der Waals surface area (Å²) in [6, 6.07) is 20.7. The third kappa shape index (κ3) is 4.80. The van der Waals surface area contributed by atoms with E-state index in [4.69, 9.17) is 0 Å². The SMILES string of the molecule is C[C@@H](CCc1ccccc1)NC[C@H](O)c1ccccc1. The van der Waals surface area contributed by atoms with E-state index in [0.29, 0.717) is 12.6 Å². The molecule has 106 valence electrons. The van der Waals surface area contributed by atoms with Crippen molar-refractivity contribution in [2.45, 2.75) is 31.9 Å². The zero-order valence-electron chi connectivity index (χ0n) is 12.0. The lowest BCUT2D eigenvalue weighted by molar-refractivity contribution is 0.170. The van der Waals surface area contributed by atoms with Crippen LogP contribution >= 0.6 is 0 Å². The van der Waals surface area contributed by atoms with Crippen LogP contribution in [0.3, 0.4) is 0 Å². The second-order valence-electron chi connectivity index (χ2n) is 5.26. The highest BCUT2D eigenvalue weighted by atomic mass is 16.3. The minimum Gasteiger partial charge on any atom is -0.387 e. The molecule has 2 aromatic rings. The highest BCUT2D eigenvalue weighted by Gasteiger charge is 2.08.